The predicted octanol–water partition coefficient (Wildman–Crippen LogP) is 1.11. The molecule has 1 aromatic heterocycles. The van der Waals surface area contributed by atoms with Crippen LogP contribution in [0.25, 0.3) is 0 Å². The zero-order chi connectivity index (χ0) is 26.1. The average Bonchev–Trinajstić information content (AvgIpc) is 3.36. The number of rotatable bonds is 14. The topological polar surface area (TPSA) is 166 Å². The number of carboxylic acid groups (broad SMARTS) is 1. The first-order valence-corrected chi connectivity index (χ1v) is 13.3. The number of benzene rings is 1. The van der Waals surface area contributed by atoms with Gasteiger partial charge in [0.2, 0.25) is 15.9 Å². The minimum atomic E-state index is -4.10. The monoisotopic (exact) mass is 522 g/mol. The average molecular weight is 523 g/mol. The molecule has 36 heavy (non-hydrogen) atoms. The van der Waals surface area contributed by atoms with E-state index in [2.05, 4.69) is 32.2 Å². The number of hydrogen-bond donors (Lipinski definition) is 5. The number of methoxy groups -OCH3 is 1. The van der Waals surface area contributed by atoms with E-state index in [4.69, 9.17) is 4.74 Å². The van der Waals surface area contributed by atoms with Gasteiger partial charge in [-0.05, 0) is 36.8 Å². The molecule has 0 saturated carbocycles. The van der Waals surface area contributed by atoms with E-state index in [9.17, 15) is 23.1 Å². The number of aromatic nitrogens is 2. The van der Waals surface area contributed by atoms with Crippen LogP contribution >= 0.6 is 0 Å². The highest BCUT2D eigenvalue weighted by Crippen LogP contribution is 2.31. The van der Waals surface area contributed by atoms with Crippen LogP contribution in [0, 0.1) is 5.92 Å². The SMILES string of the molecule is COCCN(CC(=O)O)C(=O)[C@H](CCCNc1ncc[nH]1)NS(=O)(=O)c1cccc2c1NCC(C)C2. The highest BCUT2D eigenvalue weighted by atomic mass is 32.2. The molecule has 1 aromatic carbocycles. The van der Waals surface area contributed by atoms with Crippen molar-refractivity contribution in [2.24, 2.45) is 5.92 Å². The van der Waals surface area contributed by atoms with Crippen molar-refractivity contribution >= 4 is 33.5 Å². The van der Waals surface area contributed by atoms with E-state index >= 15 is 0 Å². The van der Waals surface area contributed by atoms with E-state index in [1.165, 1.54) is 13.2 Å². The van der Waals surface area contributed by atoms with Gasteiger partial charge >= 0.3 is 5.97 Å². The van der Waals surface area contributed by atoms with Crippen LogP contribution in [0.3, 0.4) is 0 Å². The molecule has 1 amide bonds. The van der Waals surface area contributed by atoms with E-state index in [1.54, 1.807) is 18.5 Å². The molecule has 0 aliphatic carbocycles. The number of anilines is 2. The molecule has 198 valence electrons. The number of nitrogens with one attached hydrogen (secondary N) is 4. The van der Waals surface area contributed by atoms with Gasteiger partial charge in [0, 0.05) is 39.1 Å². The maximum absolute atomic E-state index is 13.5. The molecule has 12 nitrogen and oxygen atoms in total. The second-order valence-electron chi connectivity index (χ2n) is 8.81. The van der Waals surface area contributed by atoms with Crippen LogP contribution in [0.15, 0.2) is 35.5 Å². The molecule has 2 heterocycles. The standard InChI is InChI=1S/C23H34N6O6S/c1-16-13-17-5-3-7-19(21(17)27-14-16)36(33,34)28-18(6-4-8-24-23-25-9-10-26-23)22(32)29(11-12-35-2)15-20(30)31/h3,5,7,9-10,16,18,27-28H,4,6,8,11-15H2,1-2H3,(H,30,31)(H2,24,25,26)/t16?,18-/m0/s1. The minimum Gasteiger partial charge on any atom is -0.480 e. The maximum atomic E-state index is 13.5. The van der Waals surface area contributed by atoms with Crippen molar-refractivity contribution in [2.75, 3.05) is 50.5 Å². The number of carbonyl (C=O) groups is 2. The Morgan fingerprint density at radius 1 is 1.36 bits per heavy atom. The van der Waals surface area contributed by atoms with E-state index in [0.29, 0.717) is 37.1 Å². The Morgan fingerprint density at radius 3 is 2.86 bits per heavy atom. The Hall–Kier alpha value is -3.16. The van der Waals surface area contributed by atoms with Gasteiger partial charge in [0.05, 0.1) is 12.3 Å². The molecule has 0 fully saturated rings. The number of ether oxygens (including phenoxy) is 1. The number of amides is 1. The van der Waals surface area contributed by atoms with Gasteiger partial charge in [-0.15, -0.1) is 0 Å². The van der Waals surface area contributed by atoms with Crippen LogP contribution in [0.5, 0.6) is 0 Å². The largest absolute Gasteiger partial charge is 0.480 e. The maximum Gasteiger partial charge on any atom is 0.323 e. The van der Waals surface area contributed by atoms with Gasteiger partial charge in [0.15, 0.2) is 5.95 Å². The Balaban J connectivity index is 1.81. The summed E-state index contributed by atoms with van der Waals surface area (Å²) in [6.45, 7) is 2.72. The number of H-pyrrole nitrogens is 1. The lowest BCUT2D eigenvalue weighted by Crippen LogP contribution is -2.50. The highest BCUT2D eigenvalue weighted by Gasteiger charge is 2.32. The molecule has 0 spiro atoms. The number of imidazole rings is 1. The Bertz CT molecular complexity index is 1120. The van der Waals surface area contributed by atoms with Crippen LogP contribution in [0.4, 0.5) is 11.6 Å². The number of aliphatic carboxylic acids is 1. The summed E-state index contributed by atoms with van der Waals surface area (Å²) in [5, 5.41) is 15.6. The van der Waals surface area contributed by atoms with Crippen molar-refractivity contribution in [3.8, 4) is 0 Å². The van der Waals surface area contributed by atoms with E-state index in [-0.39, 0.29) is 24.5 Å². The van der Waals surface area contributed by atoms with Crippen LogP contribution in [0.1, 0.15) is 25.3 Å². The van der Waals surface area contributed by atoms with Crippen molar-refractivity contribution in [1.29, 1.82) is 0 Å². The van der Waals surface area contributed by atoms with Gasteiger partial charge in [-0.1, -0.05) is 19.1 Å². The molecule has 1 aliphatic heterocycles. The molecule has 0 radical (unpaired) electrons. The zero-order valence-corrected chi connectivity index (χ0v) is 21.3. The van der Waals surface area contributed by atoms with Crippen molar-refractivity contribution in [2.45, 2.75) is 37.1 Å². The van der Waals surface area contributed by atoms with E-state index in [1.807, 2.05) is 6.07 Å². The lowest BCUT2D eigenvalue weighted by Gasteiger charge is -2.28. The van der Waals surface area contributed by atoms with Crippen molar-refractivity contribution < 1.29 is 27.9 Å². The molecule has 0 bridgehead atoms. The van der Waals surface area contributed by atoms with Crippen LogP contribution < -0.4 is 15.4 Å². The first kappa shape index (κ1) is 27.4. The summed E-state index contributed by atoms with van der Waals surface area (Å²) in [5.74, 6) is -0.898. The smallest absolute Gasteiger partial charge is 0.323 e. The summed E-state index contributed by atoms with van der Waals surface area (Å²) in [5.41, 5.74) is 1.44. The second kappa shape index (κ2) is 12.7. The first-order valence-electron chi connectivity index (χ1n) is 11.8. The number of para-hydroxylation sites is 1. The Kier molecular flexibility index (Phi) is 9.67. The van der Waals surface area contributed by atoms with Crippen LogP contribution in [-0.4, -0.2) is 86.2 Å². The number of fused-ring (bicyclic) bond motifs is 1. The Labute approximate surface area is 210 Å². The molecule has 3 rings (SSSR count). The molecule has 1 unspecified atom stereocenters. The molecule has 2 atom stereocenters. The quantitative estimate of drug-likeness (QED) is 0.228. The fourth-order valence-corrected chi connectivity index (χ4v) is 5.56. The summed E-state index contributed by atoms with van der Waals surface area (Å²) in [6.07, 6.45) is 4.58. The van der Waals surface area contributed by atoms with Gasteiger partial charge in [-0.2, -0.15) is 4.72 Å². The van der Waals surface area contributed by atoms with Gasteiger partial charge in [-0.3, -0.25) is 9.59 Å². The lowest BCUT2D eigenvalue weighted by atomic mass is 9.96. The summed E-state index contributed by atoms with van der Waals surface area (Å²) in [4.78, 5) is 32.9. The molecule has 0 saturated heterocycles. The molecule has 13 heteroatoms. The molecule has 5 N–H and O–H groups in total. The second-order valence-corrected chi connectivity index (χ2v) is 10.5. The first-order chi connectivity index (χ1) is 17.2. The summed E-state index contributed by atoms with van der Waals surface area (Å²) < 4.78 is 34.5. The third kappa shape index (κ3) is 7.42. The number of sulfonamides is 1. The van der Waals surface area contributed by atoms with Crippen molar-refractivity contribution in [3.05, 3.63) is 36.2 Å². The highest BCUT2D eigenvalue weighted by molar-refractivity contribution is 7.89. The molecular weight excluding hydrogens is 488 g/mol. The van der Waals surface area contributed by atoms with Gasteiger partial charge in [0.1, 0.15) is 17.5 Å². The van der Waals surface area contributed by atoms with Crippen molar-refractivity contribution in [3.63, 3.8) is 0 Å². The fourth-order valence-electron chi connectivity index (χ4n) is 4.11. The van der Waals surface area contributed by atoms with E-state index in [0.717, 1.165) is 16.9 Å². The summed E-state index contributed by atoms with van der Waals surface area (Å²) in [6, 6.07) is 3.92. The van der Waals surface area contributed by atoms with Gasteiger partial charge in [-0.25, -0.2) is 13.4 Å². The number of nitrogens with zero attached hydrogens (tertiary/aromatic N) is 2. The van der Waals surface area contributed by atoms with Gasteiger partial charge in [0.25, 0.3) is 0 Å². The van der Waals surface area contributed by atoms with Crippen LogP contribution in [0.2, 0.25) is 0 Å². The third-order valence-electron chi connectivity index (χ3n) is 5.86. The fraction of sp³-hybridized carbons (Fsp3) is 0.522. The minimum absolute atomic E-state index is 0.0185. The van der Waals surface area contributed by atoms with Crippen LogP contribution in [-0.2, 0) is 30.8 Å². The number of carboxylic acids is 1. The number of aromatic amines is 1. The molecular formula is C23H34N6O6S. The van der Waals surface area contributed by atoms with E-state index < -0.39 is 34.5 Å². The summed E-state index contributed by atoms with van der Waals surface area (Å²) >= 11 is 0. The normalized spacial score (nSPS) is 16.0. The predicted molar refractivity (Wildman–Crippen MR) is 134 cm³/mol. The summed E-state index contributed by atoms with van der Waals surface area (Å²) in [7, 11) is -2.66. The molecule has 1 aliphatic rings. The van der Waals surface area contributed by atoms with Gasteiger partial charge < -0.3 is 30.4 Å². The van der Waals surface area contributed by atoms with Crippen molar-refractivity contribution in [1.82, 2.24) is 19.6 Å². The molecule has 2 aromatic rings. The number of hydrogen-bond acceptors (Lipinski definition) is 8. The number of carbonyl (C=O) groups excluding carboxylic acids is 1. The Morgan fingerprint density at radius 2 is 2.17 bits per heavy atom. The lowest BCUT2D eigenvalue weighted by molar-refractivity contribution is -0.145. The third-order valence-corrected chi connectivity index (χ3v) is 7.37. The zero-order valence-electron chi connectivity index (χ0n) is 20.5.